The van der Waals surface area contributed by atoms with Gasteiger partial charge in [-0.1, -0.05) is 18.2 Å². The van der Waals surface area contributed by atoms with Crippen molar-refractivity contribution >= 4 is 11.6 Å². The summed E-state index contributed by atoms with van der Waals surface area (Å²) in [6.45, 7) is 1.87. The highest BCUT2D eigenvalue weighted by molar-refractivity contribution is 6.22. The highest BCUT2D eigenvalue weighted by Gasteiger charge is 2.13. The minimum absolute atomic E-state index is 0.311. The van der Waals surface area contributed by atoms with Crippen molar-refractivity contribution in [3.8, 4) is 0 Å². The smallest absolute Gasteiger partial charge is 0.123 e. The molecule has 2 aromatic rings. The fourth-order valence-corrected chi connectivity index (χ4v) is 2.08. The van der Waals surface area contributed by atoms with E-state index in [1.807, 2.05) is 6.92 Å². The minimum Gasteiger partial charge on any atom is -0.207 e. The van der Waals surface area contributed by atoms with E-state index in [9.17, 15) is 8.78 Å². The topological polar surface area (TPSA) is 0 Å². The first kappa shape index (κ1) is 12.1. The van der Waals surface area contributed by atoms with Crippen molar-refractivity contribution in [2.24, 2.45) is 0 Å². The maximum atomic E-state index is 13.2. The molecule has 88 valence electrons. The largest absolute Gasteiger partial charge is 0.207 e. The number of aryl methyl sites for hydroxylation is 1. The van der Waals surface area contributed by atoms with Crippen LogP contribution in [0.15, 0.2) is 42.5 Å². The molecule has 0 saturated heterocycles. The second kappa shape index (κ2) is 4.84. The number of benzene rings is 2. The molecule has 0 aromatic heterocycles. The first-order chi connectivity index (χ1) is 8.08. The highest BCUT2D eigenvalue weighted by atomic mass is 35.5. The van der Waals surface area contributed by atoms with Gasteiger partial charge in [0.2, 0.25) is 0 Å². The molecule has 0 saturated carbocycles. The van der Waals surface area contributed by atoms with E-state index in [1.165, 1.54) is 24.3 Å². The standard InChI is InChI=1S/C14H11ClF2/c1-9-2-5-12(17)8-13(9)14(15)10-3-6-11(16)7-4-10/h2-8,14H,1H3. The lowest BCUT2D eigenvalue weighted by atomic mass is 10.00. The predicted molar refractivity (Wildman–Crippen MR) is 65.2 cm³/mol. The summed E-state index contributed by atoms with van der Waals surface area (Å²) in [5.74, 6) is -0.632. The number of rotatable bonds is 2. The molecule has 0 radical (unpaired) electrons. The quantitative estimate of drug-likeness (QED) is 0.685. The Morgan fingerprint density at radius 3 is 2.18 bits per heavy atom. The molecular weight excluding hydrogens is 242 g/mol. The zero-order chi connectivity index (χ0) is 12.4. The van der Waals surface area contributed by atoms with Crippen LogP contribution in [0.3, 0.4) is 0 Å². The van der Waals surface area contributed by atoms with Crippen molar-refractivity contribution in [3.63, 3.8) is 0 Å². The molecule has 2 aromatic carbocycles. The van der Waals surface area contributed by atoms with E-state index < -0.39 is 5.38 Å². The molecule has 0 amide bonds. The normalized spacial score (nSPS) is 12.5. The van der Waals surface area contributed by atoms with Crippen molar-refractivity contribution in [2.75, 3.05) is 0 Å². The Bertz CT molecular complexity index is 520. The monoisotopic (exact) mass is 252 g/mol. The molecule has 17 heavy (non-hydrogen) atoms. The van der Waals surface area contributed by atoms with Gasteiger partial charge in [-0.2, -0.15) is 0 Å². The van der Waals surface area contributed by atoms with E-state index in [1.54, 1.807) is 18.2 Å². The SMILES string of the molecule is Cc1ccc(F)cc1C(Cl)c1ccc(F)cc1. The first-order valence-electron chi connectivity index (χ1n) is 5.23. The summed E-state index contributed by atoms with van der Waals surface area (Å²) in [7, 11) is 0. The maximum absolute atomic E-state index is 13.2. The van der Waals surface area contributed by atoms with Crippen LogP contribution in [-0.2, 0) is 0 Å². The zero-order valence-corrected chi connectivity index (χ0v) is 10.0. The Kier molecular flexibility index (Phi) is 3.43. The molecule has 0 N–H and O–H groups in total. The van der Waals surface area contributed by atoms with E-state index in [-0.39, 0.29) is 11.6 Å². The Morgan fingerprint density at radius 1 is 0.941 bits per heavy atom. The van der Waals surface area contributed by atoms with Crippen LogP contribution < -0.4 is 0 Å². The van der Waals surface area contributed by atoms with Gasteiger partial charge in [-0.25, -0.2) is 8.78 Å². The van der Waals surface area contributed by atoms with E-state index in [2.05, 4.69) is 0 Å². The van der Waals surface area contributed by atoms with Gasteiger partial charge in [0.1, 0.15) is 11.6 Å². The van der Waals surface area contributed by atoms with Crippen LogP contribution in [0.25, 0.3) is 0 Å². The first-order valence-corrected chi connectivity index (χ1v) is 5.67. The molecule has 0 spiro atoms. The molecule has 0 aliphatic rings. The van der Waals surface area contributed by atoms with Crippen molar-refractivity contribution in [3.05, 3.63) is 70.8 Å². The van der Waals surface area contributed by atoms with Crippen molar-refractivity contribution in [1.29, 1.82) is 0 Å². The predicted octanol–water partition coefficient (Wildman–Crippen LogP) is 4.60. The molecule has 0 heterocycles. The second-order valence-electron chi connectivity index (χ2n) is 3.92. The number of halogens is 3. The van der Waals surface area contributed by atoms with Crippen LogP contribution in [0.1, 0.15) is 22.1 Å². The zero-order valence-electron chi connectivity index (χ0n) is 9.25. The molecular formula is C14H11ClF2. The fraction of sp³-hybridized carbons (Fsp3) is 0.143. The van der Waals surface area contributed by atoms with E-state index in [0.717, 1.165) is 11.1 Å². The lowest BCUT2D eigenvalue weighted by molar-refractivity contribution is 0.624. The molecule has 0 aliphatic carbocycles. The summed E-state index contributed by atoms with van der Waals surface area (Å²) < 4.78 is 26.0. The van der Waals surface area contributed by atoms with Gasteiger partial charge in [-0.05, 0) is 47.9 Å². The molecule has 1 unspecified atom stereocenters. The lowest BCUT2D eigenvalue weighted by Gasteiger charge is -2.13. The summed E-state index contributed by atoms with van der Waals surface area (Å²) in [5, 5.41) is -0.466. The van der Waals surface area contributed by atoms with Gasteiger partial charge in [0.15, 0.2) is 0 Å². The molecule has 0 nitrogen and oxygen atoms in total. The molecule has 1 atom stereocenters. The minimum atomic E-state index is -0.466. The third-order valence-electron chi connectivity index (χ3n) is 2.68. The Hall–Kier alpha value is -1.41. The van der Waals surface area contributed by atoms with Crippen LogP contribution >= 0.6 is 11.6 Å². The third kappa shape index (κ3) is 2.64. The van der Waals surface area contributed by atoms with Crippen molar-refractivity contribution in [1.82, 2.24) is 0 Å². The van der Waals surface area contributed by atoms with E-state index in [4.69, 9.17) is 11.6 Å². The van der Waals surface area contributed by atoms with Gasteiger partial charge in [-0.15, -0.1) is 11.6 Å². The van der Waals surface area contributed by atoms with Crippen LogP contribution in [0.4, 0.5) is 8.78 Å². The maximum Gasteiger partial charge on any atom is 0.123 e. The molecule has 0 aliphatic heterocycles. The van der Waals surface area contributed by atoms with Gasteiger partial charge >= 0.3 is 0 Å². The van der Waals surface area contributed by atoms with Crippen LogP contribution in [0, 0.1) is 18.6 Å². The van der Waals surface area contributed by atoms with Gasteiger partial charge in [0.05, 0.1) is 5.38 Å². The third-order valence-corrected chi connectivity index (χ3v) is 3.16. The van der Waals surface area contributed by atoms with Crippen LogP contribution in [0.2, 0.25) is 0 Å². The second-order valence-corrected chi connectivity index (χ2v) is 4.35. The summed E-state index contributed by atoms with van der Waals surface area (Å²) in [5.41, 5.74) is 2.37. The van der Waals surface area contributed by atoms with Crippen LogP contribution in [-0.4, -0.2) is 0 Å². The van der Waals surface area contributed by atoms with Gasteiger partial charge in [-0.3, -0.25) is 0 Å². The van der Waals surface area contributed by atoms with Crippen molar-refractivity contribution < 1.29 is 8.78 Å². The average Bonchev–Trinajstić information content (AvgIpc) is 2.32. The number of hydrogen-bond donors (Lipinski definition) is 0. The van der Waals surface area contributed by atoms with Crippen molar-refractivity contribution in [2.45, 2.75) is 12.3 Å². The number of alkyl halides is 1. The highest BCUT2D eigenvalue weighted by Crippen LogP contribution is 2.31. The van der Waals surface area contributed by atoms with Crippen LogP contribution in [0.5, 0.6) is 0 Å². The van der Waals surface area contributed by atoms with Gasteiger partial charge < -0.3 is 0 Å². The average molecular weight is 253 g/mol. The summed E-state index contributed by atoms with van der Waals surface area (Å²) in [6.07, 6.45) is 0. The lowest BCUT2D eigenvalue weighted by Crippen LogP contribution is -1.97. The van der Waals surface area contributed by atoms with E-state index >= 15 is 0 Å². The number of hydrogen-bond acceptors (Lipinski definition) is 0. The van der Waals surface area contributed by atoms with Gasteiger partial charge in [0.25, 0.3) is 0 Å². The molecule has 2 rings (SSSR count). The molecule has 3 heteroatoms. The van der Waals surface area contributed by atoms with E-state index in [0.29, 0.717) is 5.56 Å². The summed E-state index contributed by atoms with van der Waals surface area (Å²) in [6, 6.07) is 10.4. The molecule has 0 fully saturated rings. The Labute approximate surface area is 104 Å². The Balaban J connectivity index is 2.39. The van der Waals surface area contributed by atoms with Gasteiger partial charge in [0, 0.05) is 0 Å². The summed E-state index contributed by atoms with van der Waals surface area (Å²) in [4.78, 5) is 0. The molecule has 0 bridgehead atoms. The fourth-order valence-electron chi connectivity index (χ4n) is 1.70. The Morgan fingerprint density at radius 2 is 1.53 bits per heavy atom. The summed E-state index contributed by atoms with van der Waals surface area (Å²) >= 11 is 6.27.